The standard InChI is InChI=1S/C16H15N3O/c20-16-4-1-3-14(11-16)17-12-13-5-7-15(8-6-13)19-10-2-9-18-19/h1-11,17,20H,12H2. The number of benzene rings is 2. The summed E-state index contributed by atoms with van der Waals surface area (Å²) in [4.78, 5) is 0. The van der Waals surface area contributed by atoms with E-state index in [-0.39, 0.29) is 5.75 Å². The predicted octanol–water partition coefficient (Wildman–Crippen LogP) is 3.19. The molecule has 4 heteroatoms. The molecule has 0 radical (unpaired) electrons. The van der Waals surface area contributed by atoms with E-state index >= 15 is 0 Å². The fourth-order valence-corrected chi connectivity index (χ4v) is 2.01. The van der Waals surface area contributed by atoms with Crippen LogP contribution in [-0.4, -0.2) is 14.9 Å². The van der Waals surface area contributed by atoms with Crippen LogP contribution in [0, 0.1) is 0 Å². The van der Waals surface area contributed by atoms with Gasteiger partial charge in [0, 0.05) is 30.7 Å². The van der Waals surface area contributed by atoms with Crippen molar-refractivity contribution < 1.29 is 5.11 Å². The van der Waals surface area contributed by atoms with Gasteiger partial charge in [0.15, 0.2) is 0 Å². The Bertz CT molecular complexity index is 675. The van der Waals surface area contributed by atoms with Gasteiger partial charge in [-0.15, -0.1) is 0 Å². The van der Waals surface area contributed by atoms with Crippen molar-refractivity contribution in [2.75, 3.05) is 5.32 Å². The molecule has 1 aromatic heterocycles. The number of rotatable bonds is 4. The van der Waals surface area contributed by atoms with Crippen LogP contribution in [0.4, 0.5) is 5.69 Å². The first-order valence-corrected chi connectivity index (χ1v) is 6.43. The molecule has 20 heavy (non-hydrogen) atoms. The van der Waals surface area contributed by atoms with Gasteiger partial charge >= 0.3 is 0 Å². The average Bonchev–Trinajstić information content (AvgIpc) is 3.00. The molecule has 1 heterocycles. The molecule has 0 unspecified atom stereocenters. The van der Waals surface area contributed by atoms with E-state index in [1.165, 1.54) is 5.56 Å². The topological polar surface area (TPSA) is 50.1 Å². The molecule has 2 aromatic carbocycles. The van der Waals surface area contributed by atoms with Gasteiger partial charge in [0.05, 0.1) is 5.69 Å². The third kappa shape index (κ3) is 2.80. The van der Waals surface area contributed by atoms with E-state index in [4.69, 9.17) is 0 Å². The van der Waals surface area contributed by atoms with Gasteiger partial charge in [0.2, 0.25) is 0 Å². The summed E-state index contributed by atoms with van der Waals surface area (Å²) in [6.07, 6.45) is 3.68. The number of phenols is 1. The summed E-state index contributed by atoms with van der Waals surface area (Å²) in [5.74, 6) is 0.268. The van der Waals surface area contributed by atoms with Crippen molar-refractivity contribution in [2.45, 2.75) is 6.54 Å². The van der Waals surface area contributed by atoms with Crippen molar-refractivity contribution in [3.8, 4) is 11.4 Å². The molecule has 0 aliphatic rings. The smallest absolute Gasteiger partial charge is 0.117 e. The zero-order valence-electron chi connectivity index (χ0n) is 10.9. The molecule has 100 valence electrons. The van der Waals surface area contributed by atoms with Crippen molar-refractivity contribution in [3.05, 3.63) is 72.6 Å². The van der Waals surface area contributed by atoms with Gasteiger partial charge in [-0.05, 0) is 35.9 Å². The van der Waals surface area contributed by atoms with E-state index in [2.05, 4.69) is 22.5 Å². The summed E-state index contributed by atoms with van der Waals surface area (Å²) in [7, 11) is 0. The zero-order chi connectivity index (χ0) is 13.8. The Morgan fingerprint density at radius 2 is 1.90 bits per heavy atom. The minimum Gasteiger partial charge on any atom is -0.508 e. The van der Waals surface area contributed by atoms with Crippen LogP contribution in [-0.2, 0) is 6.54 Å². The lowest BCUT2D eigenvalue weighted by atomic mass is 10.2. The maximum absolute atomic E-state index is 9.40. The minimum absolute atomic E-state index is 0.268. The molecule has 0 aliphatic heterocycles. The average molecular weight is 265 g/mol. The molecule has 4 nitrogen and oxygen atoms in total. The van der Waals surface area contributed by atoms with E-state index < -0.39 is 0 Å². The molecular formula is C16H15N3O. The minimum atomic E-state index is 0.268. The SMILES string of the molecule is Oc1cccc(NCc2ccc(-n3cccn3)cc2)c1. The number of anilines is 1. The maximum Gasteiger partial charge on any atom is 0.117 e. The van der Waals surface area contributed by atoms with Crippen molar-refractivity contribution in [2.24, 2.45) is 0 Å². The lowest BCUT2D eigenvalue weighted by molar-refractivity contribution is 0.475. The summed E-state index contributed by atoms with van der Waals surface area (Å²) >= 11 is 0. The van der Waals surface area contributed by atoms with Crippen LogP contribution in [0.25, 0.3) is 5.69 Å². The summed E-state index contributed by atoms with van der Waals surface area (Å²) in [6.45, 7) is 0.711. The zero-order valence-corrected chi connectivity index (χ0v) is 10.9. The van der Waals surface area contributed by atoms with Crippen LogP contribution in [0.2, 0.25) is 0 Å². The van der Waals surface area contributed by atoms with E-state index in [0.717, 1.165) is 11.4 Å². The summed E-state index contributed by atoms with van der Waals surface area (Å²) in [5, 5.41) is 16.9. The predicted molar refractivity (Wildman–Crippen MR) is 79.0 cm³/mol. The largest absolute Gasteiger partial charge is 0.508 e. The molecule has 0 spiro atoms. The number of aromatic nitrogens is 2. The first-order valence-electron chi connectivity index (χ1n) is 6.43. The van der Waals surface area contributed by atoms with Crippen molar-refractivity contribution >= 4 is 5.69 Å². The van der Waals surface area contributed by atoms with Gasteiger partial charge in [-0.2, -0.15) is 5.10 Å². The van der Waals surface area contributed by atoms with Gasteiger partial charge in [0.25, 0.3) is 0 Å². The highest BCUT2D eigenvalue weighted by atomic mass is 16.3. The Labute approximate surface area is 117 Å². The normalized spacial score (nSPS) is 10.4. The van der Waals surface area contributed by atoms with Crippen LogP contribution in [0.3, 0.4) is 0 Å². The van der Waals surface area contributed by atoms with E-state index in [1.54, 1.807) is 18.3 Å². The third-order valence-electron chi connectivity index (χ3n) is 3.05. The van der Waals surface area contributed by atoms with Gasteiger partial charge < -0.3 is 10.4 Å². The number of hydrogen-bond donors (Lipinski definition) is 2. The number of hydrogen-bond acceptors (Lipinski definition) is 3. The fraction of sp³-hybridized carbons (Fsp3) is 0.0625. The number of aromatic hydroxyl groups is 1. The van der Waals surface area contributed by atoms with Gasteiger partial charge in [-0.3, -0.25) is 0 Å². The lowest BCUT2D eigenvalue weighted by Crippen LogP contribution is -2.00. The highest BCUT2D eigenvalue weighted by molar-refractivity contribution is 5.48. The molecule has 0 amide bonds. The Kier molecular flexibility index (Phi) is 3.37. The number of nitrogens with one attached hydrogen (secondary N) is 1. The summed E-state index contributed by atoms with van der Waals surface area (Å²) < 4.78 is 1.83. The second-order valence-corrected chi connectivity index (χ2v) is 4.52. The second kappa shape index (κ2) is 5.48. The molecule has 0 saturated carbocycles. The molecule has 0 atom stereocenters. The van der Waals surface area contributed by atoms with Crippen LogP contribution >= 0.6 is 0 Å². The molecule has 0 aliphatic carbocycles. The summed E-state index contributed by atoms with van der Waals surface area (Å²) in [6, 6.07) is 17.2. The number of nitrogens with zero attached hydrogens (tertiary/aromatic N) is 2. The van der Waals surface area contributed by atoms with Crippen molar-refractivity contribution in [1.29, 1.82) is 0 Å². The Hall–Kier alpha value is -2.75. The van der Waals surface area contributed by atoms with Crippen LogP contribution in [0.1, 0.15) is 5.56 Å². The quantitative estimate of drug-likeness (QED) is 0.761. The molecule has 0 saturated heterocycles. The third-order valence-corrected chi connectivity index (χ3v) is 3.05. The monoisotopic (exact) mass is 265 g/mol. The lowest BCUT2D eigenvalue weighted by Gasteiger charge is -2.08. The fourth-order valence-electron chi connectivity index (χ4n) is 2.01. The Morgan fingerprint density at radius 3 is 2.60 bits per heavy atom. The maximum atomic E-state index is 9.40. The number of phenolic OH excluding ortho intramolecular Hbond substituents is 1. The first kappa shape index (κ1) is 12.3. The van der Waals surface area contributed by atoms with Crippen LogP contribution in [0.15, 0.2) is 67.0 Å². The molecule has 0 bridgehead atoms. The summed E-state index contributed by atoms with van der Waals surface area (Å²) in [5.41, 5.74) is 3.11. The van der Waals surface area contributed by atoms with Gasteiger partial charge in [0.1, 0.15) is 5.75 Å². The van der Waals surface area contributed by atoms with E-state index in [0.29, 0.717) is 6.54 Å². The Balaban J connectivity index is 1.67. The van der Waals surface area contributed by atoms with Crippen molar-refractivity contribution in [3.63, 3.8) is 0 Å². The van der Waals surface area contributed by atoms with Crippen LogP contribution < -0.4 is 5.32 Å². The van der Waals surface area contributed by atoms with Gasteiger partial charge in [-0.1, -0.05) is 18.2 Å². The highest BCUT2D eigenvalue weighted by Gasteiger charge is 1.98. The first-order chi connectivity index (χ1) is 9.81. The molecule has 0 fully saturated rings. The molecule has 2 N–H and O–H groups in total. The van der Waals surface area contributed by atoms with Gasteiger partial charge in [-0.25, -0.2) is 4.68 Å². The van der Waals surface area contributed by atoms with E-state index in [1.807, 2.05) is 41.2 Å². The van der Waals surface area contributed by atoms with Crippen molar-refractivity contribution in [1.82, 2.24) is 9.78 Å². The second-order valence-electron chi connectivity index (χ2n) is 4.52. The Morgan fingerprint density at radius 1 is 1.05 bits per heavy atom. The van der Waals surface area contributed by atoms with Crippen LogP contribution in [0.5, 0.6) is 5.75 Å². The molecule has 3 aromatic rings. The van der Waals surface area contributed by atoms with E-state index in [9.17, 15) is 5.11 Å². The molecular weight excluding hydrogens is 250 g/mol. The molecule has 3 rings (SSSR count). The highest BCUT2D eigenvalue weighted by Crippen LogP contribution is 2.16.